The molecule has 1 N–H and O–H groups in total. The molecule has 1 heterocycles. The van der Waals surface area contributed by atoms with Crippen molar-refractivity contribution in [2.75, 3.05) is 0 Å². The lowest BCUT2D eigenvalue weighted by Crippen LogP contribution is -2.26. The van der Waals surface area contributed by atoms with Crippen molar-refractivity contribution in [3.63, 3.8) is 0 Å². The summed E-state index contributed by atoms with van der Waals surface area (Å²) in [6.45, 7) is 10.0. The van der Waals surface area contributed by atoms with Gasteiger partial charge in [-0.25, -0.2) is 0 Å². The van der Waals surface area contributed by atoms with Crippen molar-refractivity contribution in [2.24, 2.45) is 5.41 Å². The average Bonchev–Trinajstić information content (AvgIpc) is 2.36. The van der Waals surface area contributed by atoms with E-state index in [1.54, 1.807) is 13.8 Å². The van der Waals surface area contributed by atoms with Gasteiger partial charge < -0.3 is 5.11 Å². The van der Waals surface area contributed by atoms with Gasteiger partial charge in [-0.3, -0.25) is 9.78 Å². The van der Waals surface area contributed by atoms with Gasteiger partial charge in [-0.2, -0.15) is 0 Å². The number of aromatic nitrogens is 1. The summed E-state index contributed by atoms with van der Waals surface area (Å²) in [5, 5.41) is 11.5. The molecular weight excluding hydrogens is 262 g/mol. The summed E-state index contributed by atoms with van der Waals surface area (Å²) < 4.78 is 0. The van der Waals surface area contributed by atoms with Crippen LogP contribution in [0.15, 0.2) is 30.6 Å². The number of pyridine rings is 1. The van der Waals surface area contributed by atoms with Crippen LogP contribution in [0.25, 0.3) is 10.8 Å². The zero-order valence-electron chi connectivity index (χ0n) is 13.4. The monoisotopic (exact) mass is 285 g/mol. The van der Waals surface area contributed by atoms with Crippen LogP contribution >= 0.6 is 0 Å². The molecule has 3 nitrogen and oxygen atoms in total. The van der Waals surface area contributed by atoms with Crippen molar-refractivity contribution in [3.05, 3.63) is 41.7 Å². The Bertz CT molecular complexity index is 681. The van der Waals surface area contributed by atoms with Crippen LogP contribution in [0.1, 0.15) is 45.7 Å². The van der Waals surface area contributed by atoms with Gasteiger partial charge in [0, 0.05) is 17.8 Å². The van der Waals surface area contributed by atoms with Gasteiger partial charge in [0.1, 0.15) is 0 Å². The molecule has 1 aromatic carbocycles. The average molecular weight is 285 g/mol. The summed E-state index contributed by atoms with van der Waals surface area (Å²) >= 11 is 0. The van der Waals surface area contributed by atoms with E-state index in [1.165, 1.54) is 10.9 Å². The first kappa shape index (κ1) is 15.5. The Labute approximate surface area is 126 Å². The minimum absolute atomic E-state index is 0.0361. The summed E-state index contributed by atoms with van der Waals surface area (Å²) in [4.78, 5) is 15.6. The lowest BCUT2D eigenvalue weighted by atomic mass is 9.83. The Morgan fingerprint density at radius 1 is 1.14 bits per heavy atom. The largest absolute Gasteiger partial charge is 0.481 e. The van der Waals surface area contributed by atoms with E-state index in [-0.39, 0.29) is 5.41 Å². The molecule has 0 saturated heterocycles. The molecule has 0 aliphatic rings. The van der Waals surface area contributed by atoms with Crippen LogP contribution in [-0.2, 0) is 16.6 Å². The van der Waals surface area contributed by atoms with Crippen molar-refractivity contribution >= 4 is 16.7 Å². The Morgan fingerprint density at radius 3 is 2.38 bits per heavy atom. The first-order valence-corrected chi connectivity index (χ1v) is 7.22. The molecule has 0 atom stereocenters. The van der Waals surface area contributed by atoms with Gasteiger partial charge in [0.15, 0.2) is 0 Å². The number of benzene rings is 1. The third kappa shape index (κ3) is 3.23. The van der Waals surface area contributed by atoms with Crippen molar-refractivity contribution in [2.45, 2.75) is 46.5 Å². The lowest BCUT2D eigenvalue weighted by Gasteiger charge is -2.22. The van der Waals surface area contributed by atoms with Gasteiger partial charge in [-0.05, 0) is 48.3 Å². The molecule has 0 radical (unpaired) electrons. The molecule has 2 aromatic rings. The zero-order chi connectivity index (χ0) is 15.8. The molecule has 0 aliphatic heterocycles. The van der Waals surface area contributed by atoms with Gasteiger partial charge in [-0.15, -0.1) is 0 Å². The van der Waals surface area contributed by atoms with E-state index in [1.807, 2.05) is 18.5 Å². The SMILES string of the molecule is CC(C)(Cc1ccc2c(C(C)(C)C)cncc2c1)C(=O)O. The molecule has 1 aromatic heterocycles. The molecule has 0 unspecified atom stereocenters. The standard InChI is InChI=1S/C18H23NO2/c1-17(2,3)15-11-19-10-13-8-12(6-7-14(13)15)9-18(4,5)16(20)21/h6-8,10-11H,9H2,1-5H3,(H,20,21). The number of carboxylic acid groups (broad SMARTS) is 1. The van der Waals surface area contributed by atoms with Gasteiger partial charge in [0.25, 0.3) is 0 Å². The molecule has 112 valence electrons. The molecule has 0 fully saturated rings. The number of nitrogens with zero attached hydrogens (tertiary/aromatic N) is 1. The summed E-state index contributed by atoms with van der Waals surface area (Å²) in [6, 6.07) is 6.18. The summed E-state index contributed by atoms with van der Waals surface area (Å²) in [6.07, 6.45) is 4.28. The molecule has 0 saturated carbocycles. The fourth-order valence-corrected chi connectivity index (χ4v) is 2.52. The first-order valence-electron chi connectivity index (χ1n) is 7.22. The fourth-order valence-electron chi connectivity index (χ4n) is 2.52. The van der Waals surface area contributed by atoms with E-state index in [2.05, 4.69) is 37.9 Å². The maximum atomic E-state index is 11.3. The normalized spacial score (nSPS) is 12.6. The molecule has 0 amide bonds. The van der Waals surface area contributed by atoms with Gasteiger partial charge >= 0.3 is 5.97 Å². The molecule has 0 spiro atoms. The van der Waals surface area contributed by atoms with Crippen molar-refractivity contribution in [3.8, 4) is 0 Å². The second-order valence-electron chi connectivity index (χ2n) is 7.36. The van der Waals surface area contributed by atoms with Crippen LogP contribution in [-0.4, -0.2) is 16.1 Å². The van der Waals surface area contributed by atoms with E-state index in [9.17, 15) is 9.90 Å². The van der Waals surface area contributed by atoms with Crippen LogP contribution in [0.3, 0.4) is 0 Å². The Kier molecular flexibility index (Phi) is 3.79. The maximum absolute atomic E-state index is 11.3. The highest BCUT2D eigenvalue weighted by Gasteiger charge is 2.27. The fraction of sp³-hybridized carbons (Fsp3) is 0.444. The van der Waals surface area contributed by atoms with Gasteiger partial charge in [0.2, 0.25) is 0 Å². The Morgan fingerprint density at radius 2 is 1.81 bits per heavy atom. The predicted octanol–water partition coefficient (Wildman–Crippen LogP) is 4.19. The highest BCUT2D eigenvalue weighted by atomic mass is 16.4. The second-order valence-corrected chi connectivity index (χ2v) is 7.36. The maximum Gasteiger partial charge on any atom is 0.309 e. The summed E-state index contributed by atoms with van der Waals surface area (Å²) in [7, 11) is 0. The van der Waals surface area contributed by atoms with Crippen LogP contribution in [0.4, 0.5) is 0 Å². The number of aliphatic carboxylic acids is 1. The minimum Gasteiger partial charge on any atom is -0.481 e. The first-order chi connectivity index (χ1) is 9.61. The third-order valence-electron chi connectivity index (χ3n) is 3.86. The Hall–Kier alpha value is -1.90. The van der Waals surface area contributed by atoms with E-state index in [0.29, 0.717) is 6.42 Å². The smallest absolute Gasteiger partial charge is 0.309 e. The van der Waals surface area contributed by atoms with Crippen molar-refractivity contribution in [1.82, 2.24) is 4.98 Å². The summed E-state index contributed by atoms with van der Waals surface area (Å²) in [5.41, 5.74) is 1.52. The van der Waals surface area contributed by atoms with Crippen molar-refractivity contribution < 1.29 is 9.90 Å². The summed E-state index contributed by atoms with van der Waals surface area (Å²) in [5.74, 6) is -0.774. The molecule has 0 aliphatic carbocycles. The van der Waals surface area contributed by atoms with Gasteiger partial charge in [0.05, 0.1) is 5.41 Å². The second kappa shape index (κ2) is 5.14. The Balaban J connectivity index is 2.47. The van der Waals surface area contributed by atoms with E-state index < -0.39 is 11.4 Å². The lowest BCUT2D eigenvalue weighted by molar-refractivity contribution is -0.146. The van der Waals surface area contributed by atoms with Crippen LogP contribution in [0, 0.1) is 5.41 Å². The molecule has 0 bridgehead atoms. The number of fused-ring (bicyclic) bond motifs is 1. The van der Waals surface area contributed by atoms with E-state index in [0.717, 1.165) is 10.9 Å². The molecule has 21 heavy (non-hydrogen) atoms. The molecule has 3 heteroatoms. The molecular formula is C18H23NO2. The van der Waals surface area contributed by atoms with Crippen molar-refractivity contribution in [1.29, 1.82) is 0 Å². The van der Waals surface area contributed by atoms with Crippen LogP contribution < -0.4 is 0 Å². The van der Waals surface area contributed by atoms with Gasteiger partial charge in [-0.1, -0.05) is 32.9 Å². The highest BCUT2D eigenvalue weighted by molar-refractivity contribution is 5.86. The van der Waals surface area contributed by atoms with Crippen LogP contribution in [0.2, 0.25) is 0 Å². The van der Waals surface area contributed by atoms with Crippen LogP contribution in [0.5, 0.6) is 0 Å². The minimum atomic E-state index is -0.774. The molecule has 2 rings (SSSR count). The highest BCUT2D eigenvalue weighted by Crippen LogP contribution is 2.31. The quantitative estimate of drug-likeness (QED) is 0.920. The number of hydrogen-bond acceptors (Lipinski definition) is 2. The predicted molar refractivity (Wildman–Crippen MR) is 85.6 cm³/mol. The van der Waals surface area contributed by atoms with E-state index in [4.69, 9.17) is 0 Å². The number of hydrogen-bond donors (Lipinski definition) is 1. The number of rotatable bonds is 3. The topological polar surface area (TPSA) is 50.2 Å². The number of carboxylic acids is 1. The zero-order valence-corrected chi connectivity index (χ0v) is 13.4. The van der Waals surface area contributed by atoms with E-state index >= 15 is 0 Å². The third-order valence-corrected chi connectivity index (χ3v) is 3.86. The number of carbonyl (C=O) groups is 1.